The number of ether oxygens (including phenoxy) is 1. The van der Waals surface area contributed by atoms with E-state index in [4.69, 9.17) is 16.3 Å². The molecule has 31 heavy (non-hydrogen) atoms. The van der Waals surface area contributed by atoms with Crippen molar-refractivity contribution in [1.82, 2.24) is 19.7 Å². The van der Waals surface area contributed by atoms with Crippen LogP contribution >= 0.6 is 11.6 Å². The van der Waals surface area contributed by atoms with E-state index in [1.807, 2.05) is 32.0 Å². The van der Waals surface area contributed by atoms with Gasteiger partial charge in [0.1, 0.15) is 23.9 Å². The number of halogens is 3. The normalized spacial score (nSPS) is 23.3. The van der Waals surface area contributed by atoms with Crippen LogP contribution < -0.4 is 4.74 Å². The zero-order valence-corrected chi connectivity index (χ0v) is 18.1. The third-order valence-electron chi connectivity index (χ3n) is 6.24. The lowest BCUT2D eigenvalue weighted by molar-refractivity contribution is 0.0864. The van der Waals surface area contributed by atoms with E-state index in [2.05, 4.69) is 15.1 Å². The molecule has 5 rings (SSSR count). The molecule has 0 unspecified atom stereocenters. The number of hydrogen-bond acceptors (Lipinski definition) is 4. The minimum Gasteiger partial charge on any atom is -0.481 e. The van der Waals surface area contributed by atoms with Gasteiger partial charge < -0.3 is 4.74 Å². The van der Waals surface area contributed by atoms with Crippen molar-refractivity contribution in [3.63, 3.8) is 0 Å². The van der Waals surface area contributed by atoms with E-state index >= 15 is 4.39 Å². The molecule has 0 spiro atoms. The number of benzene rings is 2. The van der Waals surface area contributed by atoms with Gasteiger partial charge in [-0.2, -0.15) is 0 Å². The van der Waals surface area contributed by atoms with Crippen LogP contribution in [0.4, 0.5) is 8.78 Å². The van der Waals surface area contributed by atoms with Gasteiger partial charge in [-0.25, -0.2) is 8.78 Å². The van der Waals surface area contributed by atoms with Crippen molar-refractivity contribution in [3.8, 4) is 11.4 Å². The minimum atomic E-state index is -0.834. The number of aryl methyl sites for hydroxylation is 2. The molecule has 1 saturated heterocycles. The Labute approximate surface area is 184 Å². The molecular formula is C23H23ClF2N4O. The van der Waals surface area contributed by atoms with E-state index in [-0.39, 0.29) is 11.8 Å². The van der Waals surface area contributed by atoms with Crippen molar-refractivity contribution in [1.29, 1.82) is 0 Å². The number of hydrogen-bond donors (Lipinski definition) is 0. The number of fused-ring (bicyclic) bond motifs is 1. The largest absolute Gasteiger partial charge is 0.481 e. The Morgan fingerprint density at radius 3 is 2.55 bits per heavy atom. The summed E-state index contributed by atoms with van der Waals surface area (Å²) < 4.78 is 37.0. The number of aromatic nitrogens is 3. The fraction of sp³-hybridized carbons (Fsp3) is 0.391. The molecule has 0 bridgehead atoms. The Kier molecular flexibility index (Phi) is 5.18. The number of alkyl halides is 1. The van der Waals surface area contributed by atoms with Gasteiger partial charge in [-0.15, -0.1) is 10.2 Å². The molecule has 0 N–H and O–H groups in total. The first kappa shape index (κ1) is 20.4. The van der Waals surface area contributed by atoms with Gasteiger partial charge in [-0.3, -0.25) is 9.47 Å². The zero-order valence-electron chi connectivity index (χ0n) is 17.4. The third-order valence-corrected chi connectivity index (χ3v) is 6.47. The van der Waals surface area contributed by atoms with E-state index in [9.17, 15) is 4.39 Å². The average molecular weight is 445 g/mol. The van der Waals surface area contributed by atoms with Crippen LogP contribution in [0.1, 0.15) is 35.3 Å². The zero-order chi connectivity index (χ0) is 21.7. The number of rotatable bonds is 4. The highest BCUT2D eigenvalue weighted by atomic mass is 35.5. The standard InChI is InChI=1S/C23H23ClF2N4O/c1-13-27-28-14(2)30(13)18-5-6-22(20(26)11-18)31-23-19-10-16(24)4-3-15(19)9-21(23)29-8-7-17(25)12-29/h3-6,10-11,17,21,23H,7-9,12H2,1-2H3/t17-,21+,23+/m1/s1. The molecule has 8 heteroatoms. The Hall–Kier alpha value is -2.51. The predicted molar refractivity (Wildman–Crippen MR) is 114 cm³/mol. The van der Waals surface area contributed by atoms with Gasteiger partial charge in [0.2, 0.25) is 0 Å². The van der Waals surface area contributed by atoms with Crippen LogP contribution in [0, 0.1) is 19.7 Å². The maximum absolute atomic E-state index is 15.1. The van der Waals surface area contributed by atoms with E-state index < -0.39 is 18.1 Å². The molecule has 3 atom stereocenters. The molecule has 1 aliphatic heterocycles. The second kappa shape index (κ2) is 7.88. The van der Waals surface area contributed by atoms with Crippen molar-refractivity contribution in [3.05, 3.63) is 70.0 Å². The highest BCUT2D eigenvalue weighted by molar-refractivity contribution is 6.30. The van der Waals surface area contributed by atoms with Gasteiger partial charge >= 0.3 is 0 Å². The molecule has 0 saturated carbocycles. The van der Waals surface area contributed by atoms with Crippen LogP contribution in [0.25, 0.3) is 5.69 Å². The molecule has 162 valence electrons. The second-order valence-corrected chi connectivity index (χ2v) is 8.71. The molecule has 1 fully saturated rings. The van der Waals surface area contributed by atoms with Gasteiger partial charge in [-0.1, -0.05) is 17.7 Å². The van der Waals surface area contributed by atoms with Gasteiger partial charge in [0.15, 0.2) is 11.6 Å². The number of likely N-dealkylation sites (tertiary alicyclic amines) is 1. The summed E-state index contributed by atoms with van der Waals surface area (Å²) in [6.07, 6.45) is -0.0130. The summed E-state index contributed by atoms with van der Waals surface area (Å²) in [5.74, 6) is 1.05. The molecule has 1 aliphatic carbocycles. The maximum Gasteiger partial charge on any atom is 0.167 e. The van der Waals surface area contributed by atoms with E-state index in [1.54, 1.807) is 16.7 Å². The maximum atomic E-state index is 15.1. The van der Waals surface area contributed by atoms with Crippen LogP contribution in [0.5, 0.6) is 5.75 Å². The first-order chi connectivity index (χ1) is 14.9. The van der Waals surface area contributed by atoms with E-state index in [0.717, 1.165) is 17.5 Å². The van der Waals surface area contributed by atoms with Crippen molar-refractivity contribution in [2.75, 3.05) is 13.1 Å². The summed E-state index contributed by atoms with van der Waals surface area (Å²) in [5.41, 5.74) is 2.68. The Morgan fingerprint density at radius 1 is 1.10 bits per heavy atom. The second-order valence-electron chi connectivity index (χ2n) is 8.28. The molecular weight excluding hydrogens is 422 g/mol. The van der Waals surface area contributed by atoms with Crippen molar-refractivity contribution < 1.29 is 13.5 Å². The van der Waals surface area contributed by atoms with E-state index in [1.165, 1.54) is 6.07 Å². The third kappa shape index (κ3) is 3.70. The molecule has 0 radical (unpaired) electrons. The summed E-state index contributed by atoms with van der Waals surface area (Å²) in [5, 5.41) is 8.67. The first-order valence-corrected chi connectivity index (χ1v) is 10.8. The molecule has 2 aromatic carbocycles. The molecule has 2 heterocycles. The summed E-state index contributed by atoms with van der Waals surface area (Å²) in [6.45, 7) is 4.68. The molecule has 0 amide bonds. The Morgan fingerprint density at radius 2 is 1.87 bits per heavy atom. The minimum absolute atomic E-state index is 0.0596. The smallest absolute Gasteiger partial charge is 0.167 e. The monoisotopic (exact) mass is 444 g/mol. The Bertz CT molecular complexity index is 1120. The summed E-state index contributed by atoms with van der Waals surface area (Å²) in [6, 6.07) is 10.5. The topological polar surface area (TPSA) is 43.2 Å². The van der Waals surface area contributed by atoms with Gasteiger partial charge in [0, 0.05) is 24.2 Å². The van der Waals surface area contributed by atoms with Crippen molar-refractivity contribution in [2.45, 2.75) is 45.0 Å². The molecule has 5 nitrogen and oxygen atoms in total. The van der Waals surface area contributed by atoms with Crippen LogP contribution in [0.15, 0.2) is 36.4 Å². The predicted octanol–water partition coefficient (Wildman–Crippen LogP) is 4.77. The SMILES string of the molecule is Cc1nnc(C)n1-c1ccc(O[C@H]2c3cc(Cl)ccc3C[C@@H]2N2CC[C@@H](F)C2)c(F)c1. The van der Waals surface area contributed by atoms with Crippen LogP contribution in [-0.4, -0.2) is 45.0 Å². The average Bonchev–Trinajstić information content (AvgIpc) is 3.41. The lowest BCUT2D eigenvalue weighted by Gasteiger charge is -2.30. The Balaban J connectivity index is 1.47. The highest BCUT2D eigenvalue weighted by Gasteiger charge is 2.41. The van der Waals surface area contributed by atoms with Crippen LogP contribution in [-0.2, 0) is 6.42 Å². The summed E-state index contributed by atoms with van der Waals surface area (Å²) >= 11 is 6.24. The fourth-order valence-corrected chi connectivity index (χ4v) is 4.95. The molecule has 1 aromatic heterocycles. The van der Waals surface area contributed by atoms with E-state index in [0.29, 0.717) is 41.9 Å². The van der Waals surface area contributed by atoms with Gasteiger partial charge in [0.05, 0.1) is 11.7 Å². The van der Waals surface area contributed by atoms with Crippen LogP contribution in [0.2, 0.25) is 5.02 Å². The van der Waals surface area contributed by atoms with Crippen LogP contribution in [0.3, 0.4) is 0 Å². The number of nitrogens with zero attached hydrogens (tertiary/aromatic N) is 4. The van der Waals surface area contributed by atoms with Gasteiger partial charge in [-0.05, 0) is 62.1 Å². The summed E-state index contributed by atoms with van der Waals surface area (Å²) in [4.78, 5) is 2.11. The molecule has 2 aliphatic rings. The lowest BCUT2D eigenvalue weighted by Crippen LogP contribution is -2.38. The van der Waals surface area contributed by atoms with Crippen molar-refractivity contribution in [2.24, 2.45) is 0 Å². The highest BCUT2D eigenvalue weighted by Crippen LogP contribution is 2.41. The fourth-order valence-electron chi connectivity index (χ4n) is 4.77. The lowest BCUT2D eigenvalue weighted by atomic mass is 10.1. The van der Waals surface area contributed by atoms with Gasteiger partial charge in [0.25, 0.3) is 0 Å². The first-order valence-electron chi connectivity index (χ1n) is 10.4. The van der Waals surface area contributed by atoms with Crippen molar-refractivity contribution >= 4 is 11.6 Å². The summed E-state index contributed by atoms with van der Waals surface area (Å²) in [7, 11) is 0. The molecule has 3 aromatic rings. The quantitative estimate of drug-likeness (QED) is 0.581.